The van der Waals surface area contributed by atoms with Crippen molar-refractivity contribution < 1.29 is 9.53 Å². The predicted molar refractivity (Wildman–Crippen MR) is 93.7 cm³/mol. The van der Waals surface area contributed by atoms with Gasteiger partial charge in [-0.3, -0.25) is 9.78 Å². The van der Waals surface area contributed by atoms with Gasteiger partial charge < -0.3 is 10.5 Å². The maximum Gasteiger partial charge on any atom is 0.249 e. The number of benzene rings is 2. The number of aryl methyl sites for hydroxylation is 1. The molecule has 0 fully saturated rings. The zero-order chi connectivity index (χ0) is 16.9. The van der Waals surface area contributed by atoms with E-state index < -0.39 is 5.91 Å². The third-order valence-corrected chi connectivity index (χ3v) is 3.73. The molecule has 0 aliphatic rings. The molecule has 0 aliphatic carbocycles. The van der Waals surface area contributed by atoms with E-state index in [1.165, 1.54) is 0 Å². The number of carbonyl (C=O) groups excluding carboxylic acids is 1. The van der Waals surface area contributed by atoms with Gasteiger partial charge in [-0.15, -0.1) is 0 Å². The number of nitrogens with two attached hydrogens (primary N) is 1. The van der Waals surface area contributed by atoms with Gasteiger partial charge in [-0.05, 0) is 42.3 Å². The number of hydrogen-bond acceptors (Lipinski definition) is 3. The van der Waals surface area contributed by atoms with Crippen molar-refractivity contribution in [3.05, 3.63) is 83.7 Å². The molecule has 0 aliphatic heterocycles. The zero-order valence-electron chi connectivity index (χ0n) is 13.4. The average molecular weight is 318 g/mol. The Balaban J connectivity index is 1.87. The average Bonchev–Trinajstić information content (AvgIpc) is 2.61. The smallest absolute Gasteiger partial charge is 0.249 e. The highest BCUT2D eigenvalue weighted by atomic mass is 16.5. The van der Waals surface area contributed by atoms with Crippen molar-refractivity contribution in [1.29, 1.82) is 0 Å². The number of ether oxygens (including phenoxy) is 1. The molecule has 0 radical (unpaired) electrons. The van der Waals surface area contributed by atoms with Crippen LogP contribution in [0.1, 0.15) is 21.6 Å². The second-order valence-electron chi connectivity index (χ2n) is 5.53. The molecule has 3 aromatic rings. The van der Waals surface area contributed by atoms with Gasteiger partial charge in [0.2, 0.25) is 5.91 Å². The number of carbonyl (C=O) groups is 1. The van der Waals surface area contributed by atoms with Gasteiger partial charge in [-0.2, -0.15) is 0 Å². The minimum absolute atomic E-state index is 0.422. The summed E-state index contributed by atoms with van der Waals surface area (Å²) >= 11 is 0. The monoisotopic (exact) mass is 318 g/mol. The molecule has 2 aromatic carbocycles. The highest BCUT2D eigenvalue weighted by Gasteiger charge is 2.12. The van der Waals surface area contributed by atoms with Gasteiger partial charge in [0.15, 0.2) is 0 Å². The molecule has 2 N–H and O–H groups in total. The largest absolute Gasteiger partial charge is 0.489 e. The molecule has 120 valence electrons. The van der Waals surface area contributed by atoms with Crippen LogP contribution in [0, 0.1) is 6.92 Å². The lowest BCUT2D eigenvalue weighted by atomic mass is 10.00. The second kappa shape index (κ2) is 6.96. The van der Waals surface area contributed by atoms with E-state index in [-0.39, 0.29) is 0 Å². The topological polar surface area (TPSA) is 65.2 Å². The summed E-state index contributed by atoms with van der Waals surface area (Å²) in [5.74, 6) is 0.118. The zero-order valence-corrected chi connectivity index (χ0v) is 13.4. The summed E-state index contributed by atoms with van der Waals surface area (Å²) < 4.78 is 5.77. The predicted octanol–water partition coefficient (Wildman–Crippen LogP) is 3.73. The third kappa shape index (κ3) is 3.60. The molecule has 3 rings (SSSR count). The first kappa shape index (κ1) is 15.7. The quantitative estimate of drug-likeness (QED) is 0.779. The maximum atomic E-state index is 11.8. The highest BCUT2D eigenvalue weighted by molar-refractivity contribution is 6.00. The Morgan fingerprint density at radius 1 is 1.08 bits per heavy atom. The third-order valence-electron chi connectivity index (χ3n) is 3.73. The van der Waals surface area contributed by atoms with Crippen LogP contribution in [0.25, 0.3) is 11.1 Å². The SMILES string of the molecule is Cc1ccc(-c2ccc(OCc3ccccc3)cc2C(N)=O)cn1. The molecule has 24 heavy (non-hydrogen) atoms. The van der Waals surface area contributed by atoms with Crippen molar-refractivity contribution >= 4 is 5.91 Å². The first-order chi connectivity index (χ1) is 11.6. The summed E-state index contributed by atoms with van der Waals surface area (Å²) in [6.07, 6.45) is 1.74. The van der Waals surface area contributed by atoms with E-state index in [1.807, 2.05) is 61.5 Å². The lowest BCUT2D eigenvalue weighted by Crippen LogP contribution is -2.12. The molecule has 4 heteroatoms. The summed E-state index contributed by atoms with van der Waals surface area (Å²) in [7, 11) is 0. The van der Waals surface area contributed by atoms with E-state index >= 15 is 0 Å². The molecule has 1 aromatic heterocycles. The van der Waals surface area contributed by atoms with Crippen molar-refractivity contribution in [3.63, 3.8) is 0 Å². The van der Waals surface area contributed by atoms with Crippen LogP contribution in [0.2, 0.25) is 0 Å². The molecular weight excluding hydrogens is 300 g/mol. The molecule has 0 bridgehead atoms. The first-order valence-corrected chi connectivity index (χ1v) is 7.67. The molecule has 1 amide bonds. The fraction of sp³-hybridized carbons (Fsp3) is 0.100. The van der Waals surface area contributed by atoms with Crippen LogP contribution in [0.4, 0.5) is 0 Å². The molecule has 0 spiro atoms. The van der Waals surface area contributed by atoms with E-state index in [0.29, 0.717) is 17.9 Å². The van der Waals surface area contributed by atoms with E-state index in [4.69, 9.17) is 10.5 Å². The van der Waals surface area contributed by atoms with Crippen molar-refractivity contribution in [2.24, 2.45) is 5.73 Å². The van der Waals surface area contributed by atoms with Gasteiger partial charge in [-0.1, -0.05) is 36.4 Å². The van der Waals surface area contributed by atoms with E-state index in [9.17, 15) is 4.79 Å². The number of primary amides is 1. The molecule has 0 saturated heterocycles. The van der Waals surface area contributed by atoms with Gasteiger partial charge >= 0.3 is 0 Å². The summed E-state index contributed by atoms with van der Waals surface area (Å²) in [5, 5.41) is 0. The lowest BCUT2D eigenvalue weighted by Gasteiger charge is -2.11. The van der Waals surface area contributed by atoms with Crippen LogP contribution < -0.4 is 10.5 Å². The van der Waals surface area contributed by atoms with Crippen LogP contribution in [0.3, 0.4) is 0 Å². The Bertz CT molecular complexity index is 843. The Morgan fingerprint density at radius 2 is 1.88 bits per heavy atom. The van der Waals surface area contributed by atoms with Gasteiger partial charge in [0, 0.05) is 17.5 Å². The van der Waals surface area contributed by atoms with Crippen LogP contribution in [0.5, 0.6) is 5.75 Å². The van der Waals surface area contributed by atoms with Crippen molar-refractivity contribution in [1.82, 2.24) is 4.98 Å². The molecule has 0 atom stereocenters. The molecule has 0 unspecified atom stereocenters. The minimum Gasteiger partial charge on any atom is -0.489 e. The standard InChI is InChI=1S/C20H18N2O2/c1-14-7-8-16(12-22-14)18-10-9-17(11-19(18)20(21)23)24-13-15-5-3-2-4-6-15/h2-12H,13H2,1H3,(H2,21,23). The fourth-order valence-electron chi connectivity index (χ4n) is 2.44. The van der Waals surface area contributed by atoms with Gasteiger partial charge in [-0.25, -0.2) is 0 Å². The summed E-state index contributed by atoms with van der Waals surface area (Å²) in [5.41, 5.74) is 9.55. The first-order valence-electron chi connectivity index (χ1n) is 7.67. The number of pyridine rings is 1. The lowest BCUT2D eigenvalue weighted by molar-refractivity contribution is 0.100. The van der Waals surface area contributed by atoms with E-state index in [0.717, 1.165) is 22.4 Å². The normalized spacial score (nSPS) is 10.4. The minimum atomic E-state index is -0.490. The number of nitrogens with zero attached hydrogens (tertiary/aromatic N) is 1. The summed E-state index contributed by atoms with van der Waals surface area (Å²) in [6, 6.07) is 19.0. The van der Waals surface area contributed by atoms with E-state index in [2.05, 4.69) is 4.98 Å². The van der Waals surface area contributed by atoms with Crippen LogP contribution in [0.15, 0.2) is 66.9 Å². The van der Waals surface area contributed by atoms with Crippen LogP contribution in [-0.2, 0) is 6.61 Å². The Labute approximate surface area is 140 Å². The van der Waals surface area contributed by atoms with Crippen molar-refractivity contribution in [3.8, 4) is 16.9 Å². The van der Waals surface area contributed by atoms with Crippen LogP contribution in [-0.4, -0.2) is 10.9 Å². The molecule has 4 nitrogen and oxygen atoms in total. The maximum absolute atomic E-state index is 11.8. The van der Waals surface area contributed by atoms with Crippen molar-refractivity contribution in [2.75, 3.05) is 0 Å². The highest BCUT2D eigenvalue weighted by Crippen LogP contribution is 2.27. The van der Waals surface area contributed by atoms with Crippen LogP contribution >= 0.6 is 0 Å². The fourth-order valence-corrected chi connectivity index (χ4v) is 2.44. The summed E-state index contributed by atoms with van der Waals surface area (Å²) in [4.78, 5) is 16.1. The second-order valence-corrected chi connectivity index (χ2v) is 5.53. The Morgan fingerprint density at radius 3 is 2.54 bits per heavy atom. The number of aromatic nitrogens is 1. The van der Waals surface area contributed by atoms with Gasteiger partial charge in [0.05, 0.1) is 5.56 Å². The molecule has 1 heterocycles. The van der Waals surface area contributed by atoms with Gasteiger partial charge in [0.1, 0.15) is 12.4 Å². The Kier molecular flexibility index (Phi) is 4.57. The van der Waals surface area contributed by atoms with Crippen molar-refractivity contribution in [2.45, 2.75) is 13.5 Å². The molecular formula is C20H18N2O2. The molecule has 0 saturated carbocycles. The number of rotatable bonds is 5. The Hall–Kier alpha value is -3.14. The number of amides is 1. The van der Waals surface area contributed by atoms with E-state index in [1.54, 1.807) is 12.3 Å². The summed E-state index contributed by atoms with van der Waals surface area (Å²) in [6.45, 7) is 2.35. The van der Waals surface area contributed by atoms with Gasteiger partial charge in [0.25, 0.3) is 0 Å². The number of hydrogen-bond donors (Lipinski definition) is 1.